The Morgan fingerprint density at radius 3 is 2.68 bits per heavy atom. The van der Waals surface area contributed by atoms with Gasteiger partial charge in [-0.2, -0.15) is 23.3 Å². The molecular formula is C15H12F3N5O2. The predicted octanol–water partition coefficient (Wildman–Crippen LogP) is 2.98. The normalized spacial score (nSPS) is 12.0. The van der Waals surface area contributed by atoms with E-state index in [9.17, 15) is 13.2 Å². The predicted molar refractivity (Wildman–Crippen MR) is 80.7 cm³/mol. The van der Waals surface area contributed by atoms with Crippen LogP contribution in [0.5, 0.6) is 0 Å². The number of rotatable bonds is 5. The molecule has 0 aliphatic carbocycles. The minimum atomic E-state index is -4.66. The first-order valence-corrected chi connectivity index (χ1v) is 7.05. The molecule has 25 heavy (non-hydrogen) atoms. The molecule has 3 aromatic rings. The molecule has 0 saturated carbocycles. The Hall–Kier alpha value is -3.17. The Bertz CT molecular complexity index is 868. The van der Waals surface area contributed by atoms with Crippen molar-refractivity contribution in [2.24, 2.45) is 5.16 Å². The van der Waals surface area contributed by atoms with Crippen LogP contribution >= 0.6 is 0 Å². The third-order valence-electron chi connectivity index (χ3n) is 3.19. The Morgan fingerprint density at radius 1 is 1.28 bits per heavy atom. The highest BCUT2D eigenvalue weighted by molar-refractivity contribution is 5.78. The monoisotopic (exact) mass is 351 g/mol. The van der Waals surface area contributed by atoms with Crippen molar-refractivity contribution in [2.75, 3.05) is 7.11 Å². The van der Waals surface area contributed by atoms with Gasteiger partial charge in [0.25, 0.3) is 0 Å². The van der Waals surface area contributed by atoms with Crippen molar-refractivity contribution < 1.29 is 22.5 Å². The molecule has 130 valence electrons. The van der Waals surface area contributed by atoms with E-state index in [1.807, 2.05) is 0 Å². The molecular weight excluding hydrogens is 339 g/mol. The van der Waals surface area contributed by atoms with Gasteiger partial charge in [0, 0.05) is 17.3 Å². The van der Waals surface area contributed by atoms with Crippen LogP contribution in [0.3, 0.4) is 0 Å². The molecule has 7 nitrogen and oxygen atoms in total. The standard InChI is InChI=1S/C15H12F3N5O2/c1-24-20-7-11-6-19-23(9-11)8-10-2-4-12(5-3-10)13-21-14(25-22-13)15(16,17)18/h2-7,9H,8H2,1H3/b20-7+. The van der Waals surface area contributed by atoms with E-state index in [1.54, 1.807) is 41.3 Å². The lowest BCUT2D eigenvalue weighted by atomic mass is 10.1. The molecule has 0 atom stereocenters. The van der Waals surface area contributed by atoms with Crippen molar-refractivity contribution in [1.29, 1.82) is 0 Å². The van der Waals surface area contributed by atoms with Gasteiger partial charge in [-0.05, 0) is 5.56 Å². The van der Waals surface area contributed by atoms with Crippen molar-refractivity contribution in [3.05, 3.63) is 53.7 Å². The van der Waals surface area contributed by atoms with Crippen molar-refractivity contribution in [3.63, 3.8) is 0 Å². The number of halogens is 3. The second kappa shape index (κ2) is 6.75. The second-order valence-corrected chi connectivity index (χ2v) is 5.01. The van der Waals surface area contributed by atoms with Gasteiger partial charge in [-0.3, -0.25) is 4.68 Å². The van der Waals surface area contributed by atoms with E-state index in [0.29, 0.717) is 12.1 Å². The van der Waals surface area contributed by atoms with Crippen LogP contribution in [-0.2, 0) is 17.6 Å². The average Bonchev–Trinajstić information content (AvgIpc) is 3.23. The molecule has 0 spiro atoms. The summed E-state index contributed by atoms with van der Waals surface area (Å²) in [5.74, 6) is -1.48. The summed E-state index contributed by atoms with van der Waals surface area (Å²) in [7, 11) is 1.45. The number of aromatic nitrogens is 4. The van der Waals surface area contributed by atoms with Gasteiger partial charge >= 0.3 is 12.1 Å². The SMILES string of the molecule is CO/N=C/c1cnn(Cc2ccc(-c3noc(C(F)(F)F)n3)cc2)c1. The zero-order valence-electron chi connectivity index (χ0n) is 12.9. The fourth-order valence-corrected chi connectivity index (χ4v) is 2.05. The Labute approximate surface area is 139 Å². The molecule has 2 heterocycles. The van der Waals surface area contributed by atoms with Crippen LogP contribution in [-0.4, -0.2) is 33.2 Å². The maximum absolute atomic E-state index is 12.5. The summed E-state index contributed by atoms with van der Waals surface area (Å²) in [6.45, 7) is 0.487. The minimum absolute atomic E-state index is 0.115. The summed E-state index contributed by atoms with van der Waals surface area (Å²) in [6, 6.07) is 6.75. The van der Waals surface area contributed by atoms with E-state index in [0.717, 1.165) is 11.1 Å². The van der Waals surface area contributed by atoms with Crippen LogP contribution in [0, 0.1) is 0 Å². The largest absolute Gasteiger partial charge is 0.471 e. The van der Waals surface area contributed by atoms with Gasteiger partial charge in [0.2, 0.25) is 5.82 Å². The fraction of sp³-hybridized carbons (Fsp3) is 0.200. The molecule has 0 N–H and O–H groups in total. The first-order chi connectivity index (χ1) is 12.0. The second-order valence-electron chi connectivity index (χ2n) is 5.01. The van der Waals surface area contributed by atoms with Crippen LogP contribution < -0.4 is 0 Å². The van der Waals surface area contributed by atoms with Crippen molar-refractivity contribution in [1.82, 2.24) is 19.9 Å². The quantitative estimate of drug-likeness (QED) is 0.522. The third-order valence-corrected chi connectivity index (χ3v) is 3.19. The smallest absolute Gasteiger partial charge is 0.399 e. The number of hydrogen-bond acceptors (Lipinski definition) is 6. The van der Waals surface area contributed by atoms with E-state index < -0.39 is 12.1 Å². The van der Waals surface area contributed by atoms with E-state index in [1.165, 1.54) is 13.3 Å². The molecule has 10 heteroatoms. The van der Waals surface area contributed by atoms with Crippen molar-refractivity contribution in [2.45, 2.75) is 12.7 Å². The molecule has 0 aliphatic rings. The summed E-state index contributed by atoms with van der Waals surface area (Å²) in [5, 5.41) is 11.2. The lowest BCUT2D eigenvalue weighted by molar-refractivity contribution is -0.159. The molecule has 2 aromatic heterocycles. The van der Waals surface area contributed by atoms with Gasteiger partial charge in [-0.1, -0.05) is 34.6 Å². The minimum Gasteiger partial charge on any atom is -0.399 e. The number of hydrogen-bond donors (Lipinski definition) is 0. The van der Waals surface area contributed by atoms with Gasteiger partial charge in [0.05, 0.1) is 19.0 Å². The number of alkyl halides is 3. The zero-order valence-corrected chi connectivity index (χ0v) is 12.9. The summed E-state index contributed by atoms with van der Waals surface area (Å²) in [5.41, 5.74) is 2.11. The Balaban J connectivity index is 1.71. The first kappa shape index (κ1) is 16.7. The molecule has 0 radical (unpaired) electrons. The van der Waals surface area contributed by atoms with E-state index in [-0.39, 0.29) is 5.82 Å². The number of benzene rings is 1. The van der Waals surface area contributed by atoms with Gasteiger partial charge in [0.1, 0.15) is 7.11 Å². The first-order valence-electron chi connectivity index (χ1n) is 7.05. The maximum atomic E-state index is 12.5. The third kappa shape index (κ3) is 4.03. The average molecular weight is 351 g/mol. The highest BCUT2D eigenvalue weighted by Crippen LogP contribution is 2.29. The summed E-state index contributed by atoms with van der Waals surface area (Å²) < 4.78 is 43.4. The lowest BCUT2D eigenvalue weighted by Crippen LogP contribution is -2.04. The maximum Gasteiger partial charge on any atom is 0.471 e. The van der Waals surface area contributed by atoms with E-state index in [2.05, 4.69) is 29.8 Å². The van der Waals surface area contributed by atoms with Crippen molar-refractivity contribution >= 4 is 6.21 Å². The van der Waals surface area contributed by atoms with Crippen LogP contribution in [0.1, 0.15) is 17.0 Å². The van der Waals surface area contributed by atoms with Crippen LogP contribution in [0.2, 0.25) is 0 Å². The van der Waals surface area contributed by atoms with Crippen LogP contribution in [0.4, 0.5) is 13.2 Å². The highest BCUT2D eigenvalue weighted by Gasteiger charge is 2.38. The molecule has 0 bridgehead atoms. The van der Waals surface area contributed by atoms with Crippen LogP contribution in [0.15, 0.2) is 46.3 Å². The molecule has 0 saturated heterocycles. The summed E-state index contributed by atoms with van der Waals surface area (Å²) in [4.78, 5) is 7.94. The van der Waals surface area contributed by atoms with E-state index in [4.69, 9.17) is 0 Å². The molecule has 1 aromatic carbocycles. The molecule has 0 unspecified atom stereocenters. The van der Waals surface area contributed by atoms with Gasteiger partial charge in [0.15, 0.2) is 0 Å². The molecule has 0 amide bonds. The summed E-state index contributed by atoms with van der Waals surface area (Å²) in [6.07, 6.45) is 0.288. The highest BCUT2D eigenvalue weighted by atomic mass is 19.4. The Kier molecular flexibility index (Phi) is 4.50. The molecule has 0 aliphatic heterocycles. The van der Waals surface area contributed by atoms with Gasteiger partial charge < -0.3 is 9.36 Å². The number of oxime groups is 1. The summed E-state index contributed by atoms with van der Waals surface area (Å²) >= 11 is 0. The number of nitrogens with zero attached hydrogens (tertiary/aromatic N) is 5. The van der Waals surface area contributed by atoms with Gasteiger partial charge in [-0.15, -0.1) is 0 Å². The zero-order chi connectivity index (χ0) is 17.9. The topological polar surface area (TPSA) is 78.3 Å². The van der Waals surface area contributed by atoms with E-state index >= 15 is 0 Å². The van der Waals surface area contributed by atoms with Crippen molar-refractivity contribution in [3.8, 4) is 11.4 Å². The molecule has 0 fully saturated rings. The lowest BCUT2D eigenvalue weighted by Gasteiger charge is -2.02. The Morgan fingerprint density at radius 2 is 2.04 bits per heavy atom. The molecule has 3 rings (SSSR count). The van der Waals surface area contributed by atoms with Gasteiger partial charge in [-0.25, -0.2) is 0 Å². The fourth-order valence-electron chi connectivity index (χ4n) is 2.05. The van der Waals surface area contributed by atoms with Crippen LogP contribution in [0.25, 0.3) is 11.4 Å².